The first-order valence-electron chi connectivity index (χ1n) is 5.82. The second-order valence-corrected chi connectivity index (χ2v) is 5.27. The van der Waals surface area contributed by atoms with Crippen molar-refractivity contribution in [3.63, 3.8) is 0 Å². The molecule has 2 rings (SSSR count). The molecular formula is C13H19N3O. The van der Waals surface area contributed by atoms with Crippen molar-refractivity contribution in [3.8, 4) is 0 Å². The minimum Gasteiger partial charge on any atom is -0.359 e. The Morgan fingerprint density at radius 1 is 1.35 bits per heavy atom. The van der Waals surface area contributed by atoms with Crippen LogP contribution in [0.5, 0.6) is 0 Å². The van der Waals surface area contributed by atoms with Crippen LogP contribution in [0.25, 0.3) is 0 Å². The standard InChI is InChI=1S/C13H19N3O/c1-13(2,3)14-8-11-5-7-16(9-11)10-12-4-6-15-17-12/h4-7,9,14H,8,10H2,1-3H3. The van der Waals surface area contributed by atoms with Gasteiger partial charge in [0.15, 0.2) is 5.76 Å². The first-order chi connectivity index (χ1) is 8.03. The Kier molecular flexibility index (Phi) is 3.33. The van der Waals surface area contributed by atoms with Gasteiger partial charge in [-0.05, 0) is 32.4 Å². The highest BCUT2D eigenvalue weighted by Crippen LogP contribution is 2.07. The lowest BCUT2D eigenvalue weighted by Gasteiger charge is -2.19. The lowest BCUT2D eigenvalue weighted by molar-refractivity contribution is 0.376. The Bertz CT molecular complexity index is 451. The lowest BCUT2D eigenvalue weighted by atomic mass is 10.1. The minimum atomic E-state index is 0.146. The van der Waals surface area contributed by atoms with E-state index in [9.17, 15) is 0 Å². The highest BCUT2D eigenvalue weighted by Gasteiger charge is 2.09. The number of hydrogen-bond donors (Lipinski definition) is 1. The first kappa shape index (κ1) is 11.9. The third kappa shape index (κ3) is 3.75. The van der Waals surface area contributed by atoms with E-state index in [1.807, 2.05) is 6.07 Å². The zero-order valence-corrected chi connectivity index (χ0v) is 10.6. The van der Waals surface area contributed by atoms with Crippen molar-refractivity contribution in [2.45, 2.75) is 39.4 Å². The van der Waals surface area contributed by atoms with E-state index >= 15 is 0 Å². The molecule has 0 aromatic carbocycles. The summed E-state index contributed by atoms with van der Waals surface area (Å²) in [5.74, 6) is 0.871. The van der Waals surface area contributed by atoms with E-state index in [4.69, 9.17) is 4.52 Å². The molecule has 0 spiro atoms. The Labute approximate surface area is 102 Å². The fourth-order valence-electron chi connectivity index (χ4n) is 1.56. The fraction of sp³-hybridized carbons (Fsp3) is 0.462. The molecule has 0 saturated carbocycles. The van der Waals surface area contributed by atoms with Crippen LogP contribution in [0, 0.1) is 0 Å². The molecule has 1 N–H and O–H groups in total. The topological polar surface area (TPSA) is 43.0 Å². The summed E-state index contributed by atoms with van der Waals surface area (Å²) in [5, 5.41) is 7.15. The summed E-state index contributed by atoms with van der Waals surface area (Å²) in [6, 6.07) is 4.00. The van der Waals surface area contributed by atoms with Gasteiger partial charge in [-0.3, -0.25) is 0 Å². The van der Waals surface area contributed by atoms with Crippen LogP contribution < -0.4 is 5.32 Å². The Morgan fingerprint density at radius 3 is 2.82 bits per heavy atom. The number of aromatic nitrogens is 2. The van der Waals surface area contributed by atoms with Gasteiger partial charge in [0, 0.05) is 30.5 Å². The normalized spacial score (nSPS) is 11.9. The van der Waals surface area contributed by atoms with Crippen LogP contribution in [0.1, 0.15) is 32.1 Å². The van der Waals surface area contributed by atoms with Crippen molar-refractivity contribution in [1.82, 2.24) is 15.0 Å². The van der Waals surface area contributed by atoms with Crippen LogP contribution >= 0.6 is 0 Å². The van der Waals surface area contributed by atoms with Crippen LogP contribution in [-0.2, 0) is 13.1 Å². The molecule has 92 valence electrons. The van der Waals surface area contributed by atoms with Crippen LogP contribution in [0.3, 0.4) is 0 Å². The van der Waals surface area contributed by atoms with Gasteiger partial charge in [0.05, 0.1) is 12.7 Å². The summed E-state index contributed by atoms with van der Waals surface area (Å²) < 4.78 is 7.17. The molecule has 0 amide bonds. The van der Waals surface area contributed by atoms with Crippen molar-refractivity contribution in [3.05, 3.63) is 42.0 Å². The Hall–Kier alpha value is -1.55. The summed E-state index contributed by atoms with van der Waals surface area (Å²) in [7, 11) is 0. The molecule has 17 heavy (non-hydrogen) atoms. The molecule has 2 aromatic rings. The maximum Gasteiger partial charge on any atom is 0.156 e. The third-order valence-electron chi connectivity index (χ3n) is 2.46. The van der Waals surface area contributed by atoms with Crippen molar-refractivity contribution < 1.29 is 4.52 Å². The van der Waals surface area contributed by atoms with Crippen molar-refractivity contribution >= 4 is 0 Å². The maximum absolute atomic E-state index is 5.07. The predicted molar refractivity (Wildman–Crippen MR) is 66.6 cm³/mol. The van der Waals surface area contributed by atoms with Gasteiger partial charge in [-0.1, -0.05) is 5.16 Å². The molecule has 0 radical (unpaired) electrons. The zero-order chi connectivity index (χ0) is 12.3. The number of nitrogens with zero attached hydrogens (tertiary/aromatic N) is 2. The molecule has 4 nitrogen and oxygen atoms in total. The smallest absolute Gasteiger partial charge is 0.156 e. The van der Waals surface area contributed by atoms with Crippen LogP contribution in [0.15, 0.2) is 35.2 Å². The molecular weight excluding hydrogens is 214 g/mol. The van der Waals surface area contributed by atoms with Gasteiger partial charge in [-0.2, -0.15) is 0 Å². The molecule has 4 heteroatoms. The Balaban J connectivity index is 1.92. The van der Waals surface area contributed by atoms with Crippen molar-refractivity contribution in [2.24, 2.45) is 0 Å². The largest absolute Gasteiger partial charge is 0.359 e. The summed E-state index contributed by atoms with van der Waals surface area (Å²) >= 11 is 0. The zero-order valence-electron chi connectivity index (χ0n) is 10.6. The van der Waals surface area contributed by atoms with E-state index in [0.717, 1.165) is 18.8 Å². The van der Waals surface area contributed by atoms with Gasteiger partial charge in [-0.25, -0.2) is 0 Å². The minimum absolute atomic E-state index is 0.146. The molecule has 0 bridgehead atoms. The van der Waals surface area contributed by atoms with E-state index in [2.05, 4.69) is 54.3 Å². The quantitative estimate of drug-likeness (QED) is 0.882. The van der Waals surface area contributed by atoms with Gasteiger partial charge >= 0.3 is 0 Å². The third-order valence-corrected chi connectivity index (χ3v) is 2.46. The summed E-state index contributed by atoms with van der Waals surface area (Å²) in [5.41, 5.74) is 1.42. The van der Waals surface area contributed by atoms with E-state index in [1.54, 1.807) is 6.20 Å². The van der Waals surface area contributed by atoms with Gasteiger partial charge in [0.2, 0.25) is 0 Å². The molecule has 0 aliphatic rings. The fourth-order valence-corrected chi connectivity index (χ4v) is 1.56. The first-order valence-corrected chi connectivity index (χ1v) is 5.82. The van der Waals surface area contributed by atoms with Crippen LogP contribution in [0.2, 0.25) is 0 Å². The number of hydrogen-bond acceptors (Lipinski definition) is 3. The number of rotatable bonds is 4. The van der Waals surface area contributed by atoms with Gasteiger partial charge < -0.3 is 14.4 Å². The lowest BCUT2D eigenvalue weighted by Crippen LogP contribution is -2.34. The summed E-state index contributed by atoms with van der Waals surface area (Å²) in [6.45, 7) is 8.11. The van der Waals surface area contributed by atoms with Gasteiger partial charge in [-0.15, -0.1) is 0 Å². The summed E-state index contributed by atoms with van der Waals surface area (Å²) in [6.07, 6.45) is 5.85. The second-order valence-electron chi connectivity index (χ2n) is 5.27. The highest BCUT2D eigenvalue weighted by molar-refractivity contribution is 5.11. The molecule has 2 aromatic heterocycles. The average Bonchev–Trinajstić information content (AvgIpc) is 2.86. The molecule has 0 fully saturated rings. The average molecular weight is 233 g/mol. The Morgan fingerprint density at radius 2 is 2.18 bits per heavy atom. The highest BCUT2D eigenvalue weighted by atomic mass is 16.5. The summed E-state index contributed by atoms with van der Waals surface area (Å²) in [4.78, 5) is 0. The van der Waals surface area contributed by atoms with Gasteiger partial charge in [0.1, 0.15) is 0 Å². The van der Waals surface area contributed by atoms with Crippen LogP contribution in [-0.4, -0.2) is 15.3 Å². The molecule has 0 aliphatic heterocycles. The molecule has 0 atom stereocenters. The number of nitrogens with one attached hydrogen (secondary N) is 1. The van der Waals surface area contributed by atoms with E-state index in [1.165, 1.54) is 5.56 Å². The molecule has 2 heterocycles. The molecule has 0 unspecified atom stereocenters. The van der Waals surface area contributed by atoms with E-state index in [-0.39, 0.29) is 5.54 Å². The molecule has 0 aliphatic carbocycles. The monoisotopic (exact) mass is 233 g/mol. The van der Waals surface area contributed by atoms with Crippen molar-refractivity contribution in [1.29, 1.82) is 0 Å². The predicted octanol–water partition coefficient (Wildman–Crippen LogP) is 2.41. The van der Waals surface area contributed by atoms with E-state index < -0.39 is 0 Å². The van der Waals surface area contributed by atoms with E-state index in [0.29, 0.717) is 0 Å². The SMILES string of the molecule is CC(C)(C)NCc1ccn(Cc2ccno2)c1. The van der Waals surface area contributed by atoms with Crippen LogP contribution in [0.4, 0.5) is 0 Å². The molecule has 0 saturated heterocycles. The van der Waals surface area contributed by atoms with Crippen molar-refractivity contribution in [2.75, 3.05) is 0 Å². The maximum atomic E-state index is 5.07. The second kappa shape index (κ2) is 4.75. The van der Waals surface area contributed by atoms with Gasteiger partial charge in [0.25, 0.3) is 0 Å².